The first kappa shape index (κ1) is 11.4. The predicted octanol–water partition coefficient (Wildman–Crippen LogP) is 2.08. The summed E-state index contributed by atoms with van der Waals surface area (Å²) in [5.74, 6) is 0. The van der Waals surface area contributed by atoms with Gasteiger partial charge >= 0.3 is 7.60 Å². The Morgan fingerprint density at radius 1 is 1.43 bits per heavy atom. The van der Waals surface area contributed by atoms with Gasteiger partial charge in [-0.2, -0.15) is 5.48 Å². The Hall–Kier alpha value is -0.670. The van der Waals surface area contributed by atoms with Crippen molar-refractivity contribution in [3.63, 3.8) is 0 Å². The minimum atomic E-state index is -3.45. The first-order valence-electron chi connectivity index (χ1n) is 4.28. The Balaban J connectivity index is 2.52. The van der Waals surface area contributed by atoms with Gasteiger partial charge in [0, 0.05) is 6.66 Å². The van der Waals surface area contributed by atoms with Crippen LogP contribution in [0.25, 0.3) is 0 Å². The number of rotatable bonds is 4. The fraction of sp³-hybridized carbons (Fsp3) is 0.333. The molecule has 0 aliphatic carbocycles. The van der Waals surface area contributed by atoms with Crippen molar-refractivity contribution in [2.45, 2.75) is 13.0 Å². The molecule has 0 amide bonds. The lowest BCUT2D eigenvalue weighted by molar-refractivity contribution is 0.141. The SMILES string of the molecule is CC(NOP(C)(=O)O)c1ccccc1. The van der Waals surface area contributed by atoms with Crippen LogP contribution >= 0.6 is 7.60 Å². The van der Waals surface area contributed by atoms with Gasteiger partial charge in [-0.15, -0.1) is 0 Å². The van der Waals surface area contributed by atoms with Gasteiger partial charge in [0.15, 0.2) is 0 Å². The molecular formula is C9H14NO3P. The minimum absolute atomic E-state index is 0.114. The smallest absolute Gasteiger partial charge is 0.324 e. The van der Waals surface area contributed by atoms with E-state index in [1.54, 1.807) is 0 Å². The van der Waals surface area contributed by atoms with E-state index in [2.05, 4.69) is 10.1 Å². The molecule has 2 N–H and O–H groups in total. The lowest BCUT2D eigenvalue weighted by Gasteiger charge is -2.14. The molecule has 0 saturated heterocycles. The van der Waals surface area contributed by atoms with Crippen LogP contribution in [0, 0.1) is 0 Å². The second kappa shape index (κ2) is 4.71. The van der Waals surface area contributed by atoms with Crippen LogP contribution < -0.4 is 5.48 Å². The van der Waals surface area contributed by atoms with E-state index in [4.69, 9.17) is 4.89 Å². The number of hydroxylamine groups is 1. The molecule has 1 aromatic carbocycles. The van der Waals surface area contributed by atoms with E-state index in [0.29, 0.717) is 0 Å². The van der Waals surface area contributed by atoms with Gasteiger partial charge in [0.05, 0.1) is 6.04 Å². The average Bonchev–Trinajstić information content (AvgIpc) is 2.14. The van der Waals surface area contributed by atoms with E-state index in [9.17, 15) is 4.57 Å². The normalized spacial score (nSPS) is 17.4. The summed E-state index contributed by atoms with van der Waals surface area (Å²) < 4.78 is 15.4. The van der Waals surface area contributed by atoms with Crippen LogP contribution in [0.15, 0.2) is 30.3 Å². The van der Waals surface area contributed by atoms with Gasteiger partial charge in [0.25, 0.3) is 0 Å². The van der Waals surface area contributed by atoms with Crippen LogP contribution in [0.1, 0.15) is 18.5 Å². The Kier molecular flexibility index (Phi) is 3.84. The maximum absolute atomic E-state index is 10.8. The Morgan fingerprint density at radius 2 is 2.00 bits per heavy atom. The summed E-state index contributed by atoms with van der Waals surface area (Å²) in [5.41, 5.74) is 3.53. The zero-order valence-corrected chi connectivity index (χ0v) is 9.07. The molecule has 4 nitrogen and oxygen atoms in total. The van der Waals surface area contributed by atoms with Gasteiger partial charge < -0.3 is 4.89 Å². The topological polar surface area (TPSA) is 58.6 Å². The van der Waals surface area contributed by atoms with Crippen LogP contribution in [0.3, 0.4) is 0 Å². The Morgan fingerprint density at radius 3 is 2.50 bits per heavy atom. The van der Waals surface area contributed by atoms with E-state index in [-0.39, 0.29) is 6.04 Å². The van der Waals surface area contributed by atoms with Crippen molar-refractivity contribution in [1.29, 1.82) is 0 Å². The second-order valence-electron chi connectivity index (χ2n) is 3.14. The van der Waals surface area contributed by atoms with Crippen LogP contribution in [0.2, 0.25) is 0 Å². The van der Waals surface area contributed by atoms with E-state index < -0.39 is 7.60 Å². The first-order valence-corrected chi connectivity index (χ1v) is 6.31. The molecule has 0 heterocycles. The fourth-order valence-electron chi connectivity index (χ4n) is 0.987. The third-order valence-electron chi connectivity index (χ3n) is 1.70. The quantitative estimate of drug-likeness (QED) is 0.596. The summed E-state index contributed by atoms with van der Waals surface area (Å²) in [6.45, 7) is 2.99. The molecule has 2 atom stereocenters. The molecule has 0 aromatic heterocycles. The van der Waals surface area contributed by atoms with Gasteiger partial charge in [-0.3, -0.25) is 4.57 Å². The molecule has 0 fully saturated rings. The van der Waals surface area contributed by atoms with Crippen molar-refractivity contribution in [2.24, 2.45) is 0 Å². The van der Waals surface area contributed by atoms with Gasteiger partial charge in [-0.1, -0.05) is 30.3 Å². The number of benzene rings is 1. The van der Waals surface area contributed by atoms with Crippen LogP contribution in [-0.4, -0.2) is 11.6 Å². The first-order chi connectivity index (χ1) is 6.49. The molecule has 0 radical (unpaired) electrons. The van der Waals surface area contributed by atoms with Crippen LogP contribution in [-0.2, 0) is 9.19 Å². The maximum Gasteiger partial charge on any atom is 0.341 e. The lowest BCUT2D eigenvalue weighted by atomic mass is 10.1. The Labute approximate surface area is 83.4 Å². The molecule has 2 unspecified atom stereocenters. The molecule has 1 rings (SSSR count). The van der Waals surface area contributed by atoms with Crippen molar-refractivity contribution in [1.82, 2.24) is 5.48 Å². The highest BCUT2D eigenvalue weighted by atomic mass is 31.2. The predicted molar refractivity (Wildman–Crippen MR) is 54.8 cm³/mol. The monoisotopic (exact) mass is 215 g/mol. The molecule has 1 aromatic rings. The Bertz CT molecular complexity index is 322. The number of hydrogen-bond donors (Lipinski definition) is 2. The van der Waals surface area contributed by atoms with E-state index in [0.717, 1.165) is 12.2 Å². The third-order valence-corrected chi connectivity index (χ3v) is 2.14. The maximum atomic E-state index is 10.8. The molecule has 0 bridgehead atoms. The van der Waals surface area contributed by atoms with Crippen molar-refractivity contribution in [3.05, 3.63) is 35.9 Å². The number of nitrogens with one attached hydrogen (secondary N) is 1. The zero-order chi connectivity index (χ0) is 10.6. The highest BCUT2D eigenvalue weighted by Crippen LogP contribution is 2.35. The second-order valence-corrected chi connectivity index (χ2v) is 4.93. The van der Waals surface area contributed by atoms with Gasteiger partial charge in [-0.05, 0) is 12.5 Å². The van der Waals surface area contributed by atoms with Crippen molar-refractivity contribution in [3.8, 4) is 0 Å². The van der Waals surface area contributed by atoms with Gasteiger partial charge in [0.2, 0.25) is 0 Å². The summed E-state index contributed by atoms with van der Waals surface area (Å²) in [4.78, 5) is 8.88. The lowest BCUT2D eigenvalue weighted by Crippen LogP contribution is -2.17. The van der Waals surface area contributed by atoms with Crippen molar-refractivity contribution in [2.75, 3.05) is 6.66 Å². The molecule has 0 saturated carbocycles. The molecule has 14 heavy (non-hydrogen) atoms. The summed E-state index contributed by atoms with van der Waals surface area (Å²) >= 11 is 0. The van der Waals surface area contributed by atoms with Crippen LogP contribution in [0.4, 0.5) is 0 Å². The van der Waals surface area contributed by atoms with Gasteiger partial charge in [0.1, 0.15) is 0 Å². The van der Waals surface area contributed by atoms with Gasteiger partial charge in [-0.25, -0.2) is 4.62 Å². The largest absolute Gasteiger partial charge is 0.341 e. The van der Waals surface area contributed by atoms with E-state index >= 15 is 0 Å². The minimum Gasteiger partial charge on any atom is -0.324 e. The molecule has 5 heteroatoms. The summed E-state index contributed by atoms with van der Waals surface area (Å²) in [5, 5.41) is 0. The van der Waals surface area contributed by atoms with E-state index in [1.807, 2.05) is 37.3 Å². The third kappa shape index (κ3) is 4.03. The van der Waals surface area contributed by atoms with Crippen molar-refractivity contribution < 1.29 is 14.1 Å². The molecule has 0 spiro atoms. The fourth-order valence-corrected chi connectivity index (χ4v) is 1.34. The highest BCUT2D eigenvalue weighted by molar-refractivity contribution is 7.51. The average molecular weight is 215 g/mol. The molecular weight excluding hydrogens is 201 g/mol. The van der Waals surface area contributed by atoms with Crippen molar-refractivity contribution >= 4 is 7.60 Å². The van der Waals surface area contributed by atoms with Crippen LogP contribution in [0.5, 0.6) is 0 Å². The highest BCUT2D eigenvalue weighted by Gasteiger charge is 2.12. The zero-order valence-electron chi connectivity index (χ0n) is 8.18. The summed E-state index contributed by atoms with van der Waals surface area (Å²) in [6, 6.07) is 9.43. The number of hydrogen-bond acceptors (Lipinski definition) is 3. The molecule has 0 aliphatic rings. The molecule has 78 valence electrons. The summed E-state index contributed by atoms with van der Waals surface area (Å²) in [7, 11) is -3.45. The summed E-state index contributed by atoms with van der Waals surface area (Å²) in [6.07, 6.45) is 0. The van der Waals surface area contributed by atoms with E-state index in [1.165, 1.54) is 0 Å². The molecule has 0 aliphatic heterocycles. The standard InChI is InChI=1S/C9H14NO3P/c1-8(10-13-14(2,11)12)9-6-4-3-5-7-9/h3-8,10H,1-2H3,(H,11,12).